The van der Waals surface area contributed by atoms with Crippen molar-refractivity contribution in [2.75, 3.05) is 38.3 Å². The highest BCUT2D eigenvalue weighted by Crippen LogP contribution is 2.38. The van der Waals surface area contributed by atoms with Crippen LogP contribution >= 0.6 is 0 Å². The number of benzene rings is 1. The number of aromatic amines is 2. The van der Waals surface area contributed by atoms with Gasteiger partial charge in [0.2, 0.25) is 0 Å². The number of ether oxygens (including phenoxy) is 1. The Hall–Kier alpha value is -2.35. The average molecular weight is 438 g/mol. The van der Waals surface area contributed by atoms with E-state index in [1.54, 1.807) is 0 Å². The van der Waals surface area contributed by atoms with Crippen molar-refractivity contribution in [3.8, 4) is 11.4 Å². The van der Waals surface area contributed by atoms with Crippen molar-refractivity contribution in [3.63, 3.8) is 0 Å². The standard InChI is InChI=1S/C25H35N5O2/c1-16(30-9-11-32-12-10-30)24(31)29(4)18-6-5-17-13-21(26-20(17)14-18)23-19-7-8-25(2,3)15-22(19)27-28-23/h5-6,13-14,16,24,26,31H,7-12,15H2,1-4H3,(H,27,28)/t16-,24?/m0/s1. The van der Waals surface area contributed by atoms with Gasteiger partial charge in [-0.15, -0.1) is 0 Å². The lowest BCUT2D eigenvalue weighted by molar-refractivity contribution is -0.0152. The van der Waals surface area contributed by atoms with Crippen molar-refractivity contribution in [1.29, 1.82) is 0 Å². The molecule has 1 saturated heterocycles. The minimum absolute atomic E-state index is 0.0265. The van der Waals surface area contributed by atoms with E-state index in [1.165, 1.54) is 17.7 Å². The smallest absolute Gasteiger partial charge is 0.142 e. The molecule has 0 bridgehead atoms. The monoisotopic (exact) mass is 437 g/mol. The Kier molecular flexibility index (Phi) is 5.51. The summed E-state index contributed by atoms with van der Waals surface area (Å²) in [5.74, 6) is 0. The third kappa shape index (κ3) is 3.93. The molecule has 2 atom stereocenters. The molecule has 3 aromatic rings. The number of nitrogens with zero attached hydrogens (tertiary/aromatic N) is 3. The second-order valence-electron chi connectivity index (χ2n) is 10.2. The second-order valence-corrected chi connectivity index (χ2v) is 10.2. The molecular weight excluding hydrogens is 402 g/mol. The van der Waals surface area contributed by atoms with Crippen LogP contribution in [0.5, 0.6) is 0 Å². The Morgan fingerprint density at radius 1 is 1.22 bits per heavy atom. The molecular formula is C25H35N5O2. The van der Waals surface area contributed by atoms with Gasteiger partial charge in [-0.25, -0.2) is 0 Å². The first-order chi connectivity index (χ1) is 15.3. The van der Waals surface area contributed by atoms with Crippen LogP contribution in [0.15, 0.2) is 24.3 Å². The largest absolute Gasteiger partial charge is 0.379 e. The second kappa shape index (κ2) is 8.21. The molecule has 0 saturated carbocycles. The van der Waals surface area contributed by atoms with Crippen LogP contribution in [0, 0.1) is 5.41 Å². The zero-order valence-electron chi connectivity index (χ0n) is 19.6. The summed E-state index contributed by atoms with van der Waals surface area (Å²) < 4.78 is 5.45. The van der Waals surface area contributed by atoms with Gasteiger partial charge >= 0.3 is 0 Å². The van der Waals surface area contributed by atoms with E-state index in [4.69, 9.17) is 4.74 Å². The Bertz CT molecular complexity index is 1100. The number of H-pyrrole nitrogens is 2. The van der Waals surface area contributed by atoms with Crippen LogP contribution in [-0.4, -0.2) is 70.8 Å². The number of hydrogen-bond donors (Lipinski definition) is 3. The minimum Gasteiger partial charge on any atom is -0.379 e. The lowest BCUT2D eigenvalue weighted by Gasteiger charge is -2.38. The van der Waals surface area contributed by atoms with E-state index in [0.717, 1.165) is 67.1 Å². The highest BCUT2D eigenvalue weighted by Gasteiger charge is 2.30. The van der Waals surface area contributed by atoms with Crippen LogP contribution in [0.4, 0.5) is 5.69 Å². The molecule has 5 rings (SSSR count). The van der Waals surface area contributed by atoms with Crippen molar-refractivity contribution >= 4 is 16.6 Å². The fourth-order valence-electron chi connectivity index (χ4n) is 5.18. The van der Waals surface area contributed by atoms with Crippen LogP contribution in [0.3, 0.4) is 0 Å². The van der Waals surface area contributed by atoms with Crippen LogP contribution in [-0.2, 0) is 17.6 Å². The van der Waals surface area contributed by atoms with E-state index < -0.39 is 6.23 Å². The van der Waals surface area contributed by atoms with E-state index in [2.05, 4.69) is 65.1 Å². The Morgan fingerprint density at radius 2 is 2.00 bits per heavy atom. The van der Waals surface area contributed by atoms with Gasteiger partial charge in [-0.2, -0.15) is 5.10 Å². The fraction of sp³-hybridized carbons (Fsp3) is 0.560. The molecule has 1 fully saturated rings. The Labute approximate surface area is 189 Å². The number of morpholine rings is 1. The molecule has 2 aromatic heterocycles. The molecule has 3 N–H and O–H groups in total. The maximum Gasteiger partial charge on any atom is 0.142 e. The molecule has 32 heavy (non-hydrogen) atoms. The lowest BCUT2D eigenvalue weighted by Crippen LogP contribution is -2.52. The number of likely N-dealkylation sites (N-methyl/N-ethyl adjacent to an activating group) is 1. The molecule has 7 nitrogen and oxygen atoms in total. The number of aromatic nitrogens is 3. The number of rotatable bonds is 5. The number of fused-ring (bicyclic) bond motifs is 2. The van der Waals surface area contributed by atoms with Gasteiger partial charge < -0.3 is 19.7 Å². The van der Waals surface area contributed by atoms with E-state index in [1.807, 2.05) is 11.9 Å². The van der Waals surface area contributed by atoms with Crippen LogP contribution < -0.4 is 4.90 Å². The predicted octanol–water partition coefficient (Wildman–Crippen LogP) is 3.55. The topological polar surface area (TPSA) is 80.4 Å². The van der Waals surface area contributed by atoms with Gasteiger partial charge in [0.25, 0.3) is 0 Å². The van der Waals surface area contributed by atoms with E-state index in [-0.39, 0.29) is 6.04 Å². The van der Waals surface area contributed by atoms with Gasteiger partial charge in [0.1, 0.15) is 11.9 Å². The summed E-state index contributed by atoms with van der Waals surface area (Å²) in [6.45, 7) is 9.91. The first-order valence-electron chi connectivity index (χ1n) is 11.7. The first kappa shape index (κ1) is 21.5. The lowest BCUT2D eigenvalue weighted by atomic mass is 9.76. The van der Waals surface area contributed by atoms with Gasteiger partial charge in [0.15, 0.2) is 0 Å². The zero-order chi connectivity index (χ0) is 22.5. The van der Waals surface area contributed by atoms with E-state index >= 15 is 0 Å². The van der Waals surface area contributed by atoms with Crippen molar-refractivity contribution < 1.29 is 9.84 Å². The molecule has 1 aliphatic carbocycles. The van der Waals surface area contributed by atoms with Gasteiger partial charge in [0, 0.05) is 48.0 Å². The summed E-state index contributed by atoms with van der Waals surface area (Å²) in [5, 5.41) is 20.1. The van der Waals surface area contributed by atoms with Crippen molar-refractivity contribution in [1.82, 2.24) is 20.1 Å². The molecule has 2 aliphatic rings. The maximum atomic E-state index is 11.0. The molecule has 1 unspecified atom stereocenters. The number of nitrogens with one attached hydrogen (secondary N) is 2. The summed E-state index contributed by atoms with van der Waals surface area (Å²) in [7, 11) is 1.96. The van der Waals surface area contributed by atoms with Gasteiger partial charge in [-0.3, -0.25) is 10.00 Å². The summed E-state index contributed by atoms with van der Waals surface area (Å²) in [5.41, 5.74) is 7.10. The summed E-state index contributed by atoms with van der Waals surface area (Å²) in [4.78, 5) is 7.82. The predicted molar refractivity (Wildman–Crippen MR) is 128 cm³/mol. The quantitative estimate of drug-likeness (QED) is 0.532. The SMILES string of the molecule is C[C@@H](C(O)N(C)c1ccc2cc(-c3n[nH]c4c3CCC(C)(C)C4)[nH]c2c1)N1CCOCC1. The highest BCUT2D eigenvalue weighted by molar-refractivity contribution is 5.88. The zero-order valence-corrected chi connectivity index (χ0v) is 19.6. The third-order valence-corrected chi connectivity index (χ3v) is 7.38. The molecule has 0 radical (unpaired) electrons. The highest BCUT2D eigenvalue weighted by atomic mass is 16.5. The van der Waals surface area contributed by atoms with Crippen molar-refractivity contribution in [3.05, 3.63) is 35.5 Å². The molecule has 7 heteroatoms. The minimum atomic E-state index is -0.596. The molecule has 0 amide bonds. The molecule has 172 valence electrons. The number of hydrogen-bond acceptors (Lipinski definition) is 5. The third-order valence-electron chi connectivity index (χ3n) is 7.38. The fourth-order valence-corrected chi connectivity index (χ4v) is 5.18. The number of aliphatic hydroxyl groups is 1. The van der Waals surface area contributed by atoms with Crippen molar-refractivity contribution in [2.24, 2.45) is 5.41 Å². The Balaban J connectivity index is 1.38. The maximum absolute atomic E-state index is 11.0. The normalized spacial score (nSPS) is 20.8. The van der Waals surface area contributed by atoms with Crippen LogP contribution in [0.2, 0.25) is 0 Å². The number of anilines is 1. The van der Waals surface area contributed by atoms with Crippen LogP contribution in [0.1, 0.15) is 38.4 Å². The summed E-state index contributed by atoms with van der Waals surface area (Å²) >= 11 is 0. The molecule has 0 spiro atoms. The summed E-state index contributed by atoms with van der Waals surface area (Å²) in [6, 6.07) is 8.53. The first-order valence-corrected chi connectivity index (χ1v) is 11.7. The number of aliphatic hydroxyl groups excluding tert-OH is 1. The van der Waals surface area contributed by atoms with Gasteiger partial charge in [0.05, 0.1) is 24.9 Å². The van der Waals surface area contributed by atoms with E-state index in [9.17, 15) is 5.11 Å². The van der Waals surface area contributed by atoms with Crippen LogP contribution in [0.25, 0.3) is 22.3 Å². The van der Waals surface area contributed by atoms with Crippen molar-refractivity contribution in [2.45, 2.75) is 52.3 Å². The van der Waals surface area contributed by atoms with E-state index in [0.29, 0.717) is 5.41 Å². The molecule has 3 heterocycles. The average Bonchev–Trinajstić information content (AvgIpc) is 3.40. The van der Waals surface area contributed by atoms with Gasteiger partial charge in [-0.05, 0) is 49.8 Å². The Morgan fingerprint density at radius 3 is 2.78 bits per heavy atom. The summed E-state index contributed by atoms with van der Waals surface area (Å²) in [6.07, 6.45) is 2.69. The van der Waals surface area contributed by atoms with Gasteiger partial charge in [-0.1, -0.05) is 19.9 Å². The molecule has 1 aromatic carbocycles. The molecule has 1 aliphatic heterocycles.